The molecule has 1 heterocycles. The van der Waals surface area contributed by atoms with Crippen molar-refractivity contribution in [2.24, 2.45) is 0 Å². The highest BCUT2D eigenvalue weighted by Crippen LogP contribution is 2.06. The Kier molecular flexibility index (Phi) is 3.33. The van der Waals surface area contributed by atoms with Crippen molar-refractivity contribution in [2.75, 3.05) is 11.9 Å². The van der Waals surface area contributed by atoms with Crippen LogP contribution in [-0.2, 0) is 0 Å². The molecule has 14 heavy (non-hydrogen) atoms. The van der Waals surface area contributed by atoms with Gasteiger partial charge in [0.05, 0.1) is 18.4 Å². The molecule has 0 saturated carbocycles. The number of rotatable bonds is 4. The minimum atomic E-state index is -2.45. The first kappa shape index (κ1) is 10.4. The van der Waals surface area contributed by atoms with E-state index in [0.29, 0.717) is 5.69 Å². The number of aromatic nitrogens is 1. The number of nitrogens with one attached hydrogen (secondary N) is 1. The number of carboxylic acids is 1. The summed E-state index contributed by atoms with van der Waals surface area (Å²) in [4.78, 5) is 13.9. The van der Waals surface area contributed by atoms with Gasteiger partial charge in [-0.05, 0) is 12.1 Å². The lowest BCUT2D eigenvalue weighted by molar-refractivity contribution is 0.0690. The van der Waals surface area contributed by atoms with E-state index in [-0.39, 0.29) is 5.69 Å². The number of hydrogen-bond acceptors (Lipinski definition) is 3. The fourth-order valence-corrected chi connectivity index (χ4v) is 0.820. The van der Waals surface area contributed by atoms with E-state index in [0.717, 1.165) is 0 Å². The van der Waals surface area contributed by atoms with Gasteiger partial charge in [-0.15, -0.1) is 0 Å². The van der Waals surface area contributed by atoms with Crippen LogP contribution in [0.2, 0.25) is 0 Å². The van der Waals surface area contributed by atoms with E-state index in [1.54, 1.807) is 0 Å². The molecule has 1 aromatic rings. The lowest BCUT2D eigenvalue weighted by Crippen LogP contribution is -2.10. The molecule has 0 atom stereocenters. The summed E-state index contributed by atoms with van der Waals surface area (Å²) in [5.74, 6) is -1.15. The molecule has 0 aliphatic carbocycles. The maximum atomic E-state index is 11.8. The van der Waals surface area contributed by atoms with Crippen LogP contribution in [0.15, 0.2) is 18.3 Å². The molecule has 0 aliphatic heterocycles. The van der Waals surface area contributed by atoms with Crippen molar-refractivity contribution in [1.29, 1.82) is 0 Å². The highest BCUT2D eigenvalue weighted by molar-refractivity contribution is 5.85. The van der Waals surface area contributed by atoms with E-state index in [4.69, 9.17) is 5.11 Å². The van der Waals surface area contributed by atoms with Gasteiger partial charge in [0.2, 0.25) is 0 Å². The first-order chi connectivity index (χ1) is 6.59. The Hall–Kier alpha value is -1.72. The molecule has 6 heteroatoms. The van der Waals surface area contributed by atoms with Crippen molar-refractivity contribution in [2.45, 2.75) is 6.43 Å². The van der Waals surface area contributed by atoms with E-state index >= 15 is 0 Å². The molecule has 76 valence electrons. The van der Waals surface area contributed by atoms with Gasteiger partial charge in [-0.1, -0.05) is 0 Å². The van der Waals surface area contributed by atoms with Crippen molar-refractivity contribution in [3.63, 3.8) is 0 Å². The predicted octanol–water partition coefficient (Wildman–Crippen LogP) is 1.46. The molecule has 0 spiro atoms. The normalized spacial score (nSPS) is 10.2. The Bertz CT molecular complexity index is 314. The predicted molar refractivity (Wildman–Crippen MR) is 45.7 cm³/mol. The molecule has 0 bridgehead atoms. The summed E-state index contributed by atoms with van der Waals surface area (Å²) >= 11 is 0. The maximum absolute atomic E-state index is 11.8. The molecule has 2 N–H and O–H groups in total. The highest BCUT2D eigenvalue weighted by Gasteiger charge is 2.04. The molecule has 0 radical (unpaired) electrons. The third-order valence-electron chi connectivity index (χ3n) is 1.44. The largest absolute Gasteiger partial charge is 0.477 e. The number of alkyl halides is 2. The smallest absolute Gasteiger partial charge is 0.354 e. The zero-order chi connectivity index (χ0) is 10.6. The van der Waals surface area contributed by atoms with Crippen LogP contribution in [0.1, 0.15) is 10.5 Å². The molecule has 0 saturated heterocycles. The van der Waals surface area contributed by atoms with Gasteiger partial charge in [-0.3, -0.25) is 0 Å². The van der Waals surface area contributed by atoms with Crippen LogP contribution in [0.4, 0.5) is 14.5 Å². The van der Waals surface area contributed by atoms with E-state index in [2.05, 4.69) is 10.3 Å². The minimum Gasteiger partial charge on any atom is -0.477 e. The van der Waals surface area contributed by atoms with Gasteiger partial charge in [0.15, 0.2) is 0 Å². The Labute approximate surface area is 78.6 Å². The van der Waals surface area contributed by atoms with Crippen LogP contribution < -0.4 is 5.32 Å². The van der Waals surface area contributed by atoms with Crippen molar-refractivity contribution in [1.82, 2.24) is 4.98 Å². The fourth-order valence-electron chi connectivity index (χ4n) is 0.820. The average molecular weight is 202 g/mol. The highest BCUT2D eigenvalue weighted by atomic mass is 19.3. The van der Waals surface area contributed by atoms with Crippen molar-refractivity contribution in [3.05, 3.63) is 24.0 Å². The Balaban J connectivity index is 2.60. The molecule has 1 aromatic heterocycles. The molecule has 0 amide bonds. The average Bonchev–Trinajstić information content (AvgIpc) is 2.15. The molecule has 0 unspecified atom stereocenters. The molecular weight excluding hydrogens is 194 g/mol. The number of carboxylic acid groups (broad SMARTS) is 1. The number of nitrogens with zero attached hydrogens (tertiary/aromatic N) is 1. The molecule has 4 nitrogen and oxygen atoms in total. The van der Waals surface area contributed by atoms with Crippen LogP contribution in [-0.4, -0.2) is 29.0 Å². The number of anilines is 1. The second kappa shape index (κ2) is 4.50. The first-order valence-corrected chi connectivity index (χ1v) is 3.81. The number of aromatic carboxylic acids is 1. The van der Waals surface area contributed by atoms with Gasteiger partial charge in [-0.25, -0.2) is 18.6 Å². The summed E-state index contributed by atoms with van der Waals surface area (Å²) in [5.41, 5.74) is 0.253. The molecule has 0 aliphatic rings. The van der Waals surface area contributed by atoms with Crippen molar-refractivity contribution < 1.29 is 18.7 Å². The molecule has 0 aromatic carbocycles. The third kappa shape index (κ3) is 2.96. The minimum absolute atomic E-state index is 0.118. The third-order valence-corrected chi connectivity index (χ3v) is 1.44. The molecule has 1 rings (SSSR count). The van der Waals surface area contributed by atoms with Crippen LogP contribution in [0.25, 0.3) is 0 Å². The quantitative estimate of drug-likeness (QED) is 0.775. The standard InChI is InChI=1S/C8H8F2N2O2/c9-7(10)4-11-5-1-2-6(8(13)14)12-3-5/h1-3,7,11H,4H2,(H,13,14). The van der Waals surface area contributed by atoms with Gasteiger partial charge in [0.25, 0.3) is 6.43 Å². The number of carbonyl (C=O) groups is 1. The lowest BCUT2D eigenvalue weighted by atomic mass is 10.3. The van der Waals surface area contributed by atoms with Gasteiger partial charge < -0.3 is 10.4 Å². The van der Waals surface area contributed by atoms with Gasteiger partial charge >= 0.3 is 5.97 Å². The Morgan fingerprint density at radius 1 is 1.57 bits per heavy atom. The van der Waals surface area contributed by atoms with Crippen LogP contribution >= 0.6 is 0 Å². The lowest BCUT2D eigenvalue weighted by Gasteiger charge is -2.04. The Morgan fingerprint density at radius 2 is 2.29 bits per heavy atom. The first-order valence-electron chi connectivity index (χ1n) is 3.81. The SMILES string of the molecule is O=C(O)c1ccc(NCC(F)F)cn1. The number of pyridine rings is 1. The van der Waals surface area contributed by atoms with E-state index < -0.39 is 18.9 Å². The Morgan fingerprint density at radius 3 is 2.71 bits per heavy atom. The van der Waals surface area contributed by atoms with E-state index in [9.17, 15) is 13.6 Å². The zero-order valence-corrected chi connectivity index (χ0v) is 7.08. The molecular formula is C8H8F2N2O2. The van der Waals surface area contributed by atoms with Gasteiger partial charge in [-0.2, -0.15) is 0 Å². The number of halogens is 2. The van der Waals surface area contributed by atoms with Crippen LogP contribution in [0, 0.1) is 0 Å². The van der Waals surface area contributed by atoms with E-state index in [1.807, 2.05) is 0 Å². The van der Waals surface area contributed by atoms with Gasteiger partial charge in [0, 0.05) is 0 Å². The summed E-state index contributed by atoms with van der Waals surface area (Å²) in [5, 5.41) is 10.9. The van der Waals surface area contributed by atoms with Crippen molar-refractivity contribution >= 4 is 11.7 Å². The second-order valence-corrected chi connectivity index (χ2v) is 2.51. The fraction of sp³-hybridized carbons (Fsp3) is 0.250. The summed E-state index contributed by atoms with van der Waals surface area (Å²) in [6, 6.07) is 2.63. The van der Waals surface area contributed by atoms with Crippen LogP contribution in [0.5, 0.6) is 0 Å². The van der Waals surface area contributed by atoms with Crippen molar-refractivity contribution in [3.8, 4) is 0 Å². The zero-order valence-electron chi connectivity index (χ0n) is 7.08. The summed E-state index contributed by atoms with van der Waals surface area (Å²) < 4.78 is 23.5. The topological polar surface area (TPSA) is 62.2 Å². The number of hydrogen-bond donors (Lipinski definition) is 2. The monoisotopic (exact) mass is 202 g/mol. The summed E-state index contributed by atoms with van der Waals surface area (Å²) in [7, 11) is 0. The second-order valence-electron chi connectivity index (χ2n) is 2.51. The van der Waals surface area contributed by atoms with E-state index in [1.165, 1.54) is 18.3 Å². The summed E-state index contributed by atoms with van der Waals surface area (Å²) in [6.07, 6.45) is -1.25. The molecule has 0 fully saturated rings. The summed E-state index contributed by atoms with van der Waals surface area (Å²) in [6.45, 7) is -0.478. The maximum Gasteiger partial charge on any atom is 0.354 e. The van der Waals surface area contributed by atoms with Gasteiger partial charge in [0.1, 0.15) is 5.69 Å². The van der Waals surface area contributed by atoms with Crippen LogP contribution in [0.3, 0.4) is 0 Å².